The molecule has 22 heavy (non-hydrogen) atoms. The summed E-state index contributed by atoms with van der Waals surface area (Å²) < 4.78 is 0. The van der Waals surface area contributed by atoms with E-state index >= 15 is 0 Å². The molecule has 0 heterocycles. The highest BCUT2D eigenvalue weighted by Crippen LogP contribution is 2.29. The van der Waals surface area contributed by atoms with Gasteiger partial charge in [-0.2, -0.15) is 23.5 Å². The first kappa shape index (κ1) is 19.8. The van der Waals surface area contributed by atoms with Crippen molar-refractivity contribution in [2.75, 3.05) is 11.5 Å². The molecule has 0 amide bonds. The smallest absolute Gasteiger partial charge is 0.122 e. The molecule has 126 valence electrons. The molecule has 0 aliphatic carbocycles. The van der Waals surface area contributed by atoms with Crippen molar-refractivity contribution in [3.63, 3.8) is 0 Å². The van der Waals surface area contributed by atoms with E-state index in [2.05, 4.69) is 26.0 Å². The predicted molar refractivity (Wildman–Crippen MR) is 104 cm³/mol. The Hall–Kier alpha value is -0.280. The maximum absolute atomic E-state index is 10.1. The van der Waals surface area contributed by atoms with E-state index in [-0.39, 0.29) is 0 Å². The number of rotatable bonds is 12. The van der Waals surface area contributed by atoms with Crippen molar-refractivity contribution < 1.29 is 5.11 Å². The van der Waals surface area contributed by atoms with Crippen molar-refractivity contribution in [3.8, 4) is 5.75 Å². The summed E-state index contributed by atoms with van der Waals surface area (Å²) in [5, 5.41) is 10.1. The highest BCUT2D eigenvalue weighted by atomic mass is 32.2. The molecule has 0 saturated carbocycles. The predicted octanol–water partition coefficient (Wildman–Crippen LogP) is 6.55. The van der Waals surface area contributed by atoms with E-state index in [1.54, 1.807) is 0 Å². The molecule has 0 aromatic heterocycles. The number of hydrogen-bond acceptors (Lipinski definition) is 3. The Morgan fingerprint density at radius 2 is 1.64 bits per heavy atom. The topological polar surface area (TPSA) is 20.2 Å². The Morgan fingerprint density at radius 1 is 0.909 bits per heavy atom. The number of unbranched alkanes of at least 4 members (excludes halogenated alkanes) is 5. The number of hydrogen-bond donors (Lipinski definition) is 1. The fourth-order valence-corrected chi connectivity index (χ4v) is 4.11. The minimum atomic E-state index is 0.491. The highest BCUT2D eigenvalue weighted by molar-refractivity contribution is 7.98. The minimum absolute atomic E-state index is 0.491. The molecule has 1 nitrogen and oxygen atoms in total. The van der Waals surface area contributed by atoms with Crippen molar-refractivity contribution >= 4 is 23.5 Å². The lowest BCUT2D eigenvalue weighted by Gasteiger charge is -2.10. The van der Waals surface area contributed by atoms with E-state index in [1.807, 2.05) is 30.4 Å². The third kappa shape index (κ3) is 7.82. The standard InChI is InChI=1S/C19H32OS2/c1-4-6-7-8-9-10-11-22-14-17-12-16(3)19(20)18(13-17)15-21-5-2/h12-13,20H,4-11,14-15H2,1-3H3. The molecule has 0 radical (unpaired) electrons. The summed E-state index contributed by atoms with van der Waals surface area (Å²) in [6, 6.07) is 4.34. The van der Waals surface area contributed by atoms with Gasteiger partial charge in [0.15, 0.2) is 0 Å². The molecule has 0 unspecified atom stereocenters. The van der Waals surface area contributed by atoms with Crippen LogP contribution < -0.4 is 0 Å². The lowest BCUT2D eigenvalue weighted by molar-refractivity contribution is 0.466. The summed E-state index contributed by atoms with van der Waals surface area (Å²) in [6.07, 6.45) is 8.22. The van der Waals surface area contributed by atoms with Crippen LogP contribution in [0.4, 0.5) is 0 Å². The molecule has 0 saturated heterocycles. The van der Waals surface area contributed by atoms with Gasteiger partial charge in [-0.3, -0.25) is 0 Å². The second-order valence-corrected chi connectivity index (χ2v) is 8.26. The number of thioether (sulfide) groups is 2. The molecule has 1 N–H and O–H groups in total. The monoisotopic (exact) mass is 340 g/mol. The van der Waals surface area contributed by atoms with E-state index < -0.39 is 0 Å². The van der Waals surface area contributed by atoms with Crippen molar-refractivity contribution in [3.05, 3.63) is 28.8 Å². The molecule has 3 heteroatoms. The molecule has 0 spiro atoms. The van der Waals surface area contributed by atoms with Gasteiger partial charge >= 0.3 is 0 Å². The SMILES string of the molecule is CCCCCCCCSCc1cc(C)c(O)c(CSCC)c1. The second kappa shape index (κ2) is 12.2. The van der Waals surface area contributed by atoms with Gasteiger partial charge < -0.3 is 5.11 Å². The Morgan fingerprint density at radius 3 is 2.36 bits per heavy atom. The number of aryl methyl sites for hydroxylation is 1. The molecule has 0 fully saturated rings. The van der Waals surface area contributed by atoms with Crippen molar-refractivity contribution in [2.45, 2.75) is 70.8 Å². The number of aromatic hydroxyl groups is 1. The van der Waals surface area contributed by atoms with Gasteiger partial charge in [-0.15, -0.1) is 0 Å². The van der Waals surface area contributed by atoms with Crippen LogP contribution in [-0.4, -0.2) is 16.6 Å². The first-order valence-electron chi connectivity index (χ1n) is 8.65. The maximum atomic E-state index is 10.1. The van der Waals surface area contributed by atoms with Gasteiger partial charge in [0.25, 0.3) is 0 Å². The maximum Gasteiger partial charge on any atom is 0.122 e. The van der Waals surface area contributed by atoms with E-state index in [0.717, 1.165) is 28.4 Å². The molecular formula is C19H32OS2. The summed E-state index contributed by atoms with van der Waals surface area (Å²) in [4.78, 5) is 0. The lowest BCUT2D eigenvalue weighted by atomic mass is 10.1. The van der Waals surface area contributed by atoms with Gasteiger partial charge in [-0.05, 0) is 36.0 Å². The van der Waals surface area contributed by atoms with E-state index in [0.29, 0.717) is 5.75 Å². The van der Waals surface area contributed by atoms with Crippen LogP contribution in [0.5, 0.6) is 5.75 Å². The molecule has 0 atom stereocenters. The quantitative estimate of drug-likeness (QED) is 0.436. The van der Waals surface area contributed by atoms with Crippen LogP contribution in [0.2, 0.25) is 0 Å². The summed E-state index contributed by atoms with van der Waals surface area (Å²) in [5.41, 5.74) is 3.48. The van der Waals surface area contributed by atoms with E-state index in [1.165, 1.54) is 49.8 Å². The van der Waals surface area contributed by atoms with Gasteiger partial charge in [0, 0.05) is 17.1 Å². The van der Waals surface area contributed by atoms with Gasteiger partial charge in [-0.1, -0.05) is 58.1 Å². The molecular weight excluding hydrogens is 308 g/mol. The first-order chi connectivity index (χ1) is 10.7. The zero-order valence-corrected chi connectivity index (χ0v) is 16.1. The van der Waals surface area contributed by atoms with Crippen molar-refractivity contribution in [2.24, 2.45) is 0 Å². The van der Waals surface area contributed by atoms with Gasteiger partial charge in [0.1, 0.15) is 5.75 Å². The zero-order valence-electron chi connectivity index (χ0n) is 14.5. The fraction of sp³-hybridized carbons (Fsp3) is 0.684. The second-order valence-electron chi connectivity index (χ2n) is 5.88. The van der Waals surface area contributed by atoms with Gasteiger partial charge in [0.05, 0.1) is 0 Å². The average Bonchev–Trinajstić information content (AvgIpc) is 2.51. The third-order valence-electron chi connectivity index (χ3n) is 3.81. The Bertz CT molecular complexity index is 418. The van der Waals surface area contributed by atoms with Crippen LogP contribution in [0.3, 0.4) is 0 Å². The minimum Gasteiger partial charge on any atom is -0.507 e. The lowest BCUT2D eigenvalue weighted by Crippen LogP contribution is -1.92. The third-order valence-corrected chi connectivity index (χ3v) is 5.85. The van der Waals surface area contributed by atoms with Crippen molar-refractivity contribution in [1.29, 1.82) is 0 Å². The molecule has 0 aliphatic heterocycles. The summed E-state index contributed by atoms with van der Waals surface area (Å²) in [6.45, 7) is 6.44. The number of phenolic OH excluding ortho intramolecular Hbond substituents is 1. The van der Waals surface area contributed by atoms with Crippen molar-refractivity contribution in [1.82, 2.24) is 0 Å². The molecule has 1 rings (SSSR count). The van der Waals surface area contributed by atoms with Crippen LogP contribution in [0.25, 0.3) is 0 Å². The summed E-state index contributed by atoms with van der Waals surface area (Å²) >= 11 is 3.90. The van der Waals surface area contributed by atoms with Gasteiger partial charge in [-0.25, -0.2) is 0 Å². The average molecular weight is 341 g/mol. The normalized spacial score (nSPS) is 11.0. The first-order valence-corrected chi connectivity index (χ1v) is 11.0. The fourth-order valence-electron chi connectivity index (χ4n) is 2.51. The van der Waals surface area contributed by atoms with Gasteiger partial charge in [0.2, 0.25) is 0 Å². The Balaban J connectivity index is 2.31. The van der Waals surface area contributed by atoms with Crippen LogP contribution in [0.15, 0.2) is 12.1 Å². The number of benzene rings is 1. The molecule has 1 aromatic carbocycles. The number of phenols is 1. The van der Waals surface area contributed by atoms with Crippen LogP contribution >= 0.6 is 23.5 Å². The summed E-state index contributed by atoms with van der Waals surface area (Å²) in [5.74, 6) is 4.82. The van der Waals surface area contributed by atoms with E-state index in [9.17, 15) is 5.11 Å². The Labute approximate surface area is 145 Å². The van der Waals surface area contributed by atoms with E-state index in [4.69, 9.17) is 0 Å². The highest BCUT2D eigenvalue weighted by Gasteiger charge is 2.07. The summed E-state index contributed by atoms with van der Waals surface area (Å²) in [7, 11) is 0. The molecule has 1 aromatic rings. The Kier molecular flexibility index (Phi) is 10.9. The largest absolute Gasteiger partial charge is 0.507 e. The van der Waals surface area contributed by atoms with Crippen LogP contribution in [0, 0.1) is 6.92 Å². The van der Waals surface area contributed by atoms with Crippen LogP contribution in [0.1, 0.15) is 69.1 Å². The molecule has 0 bridgehead atoms. The van der Waals surface area contributed by atoms with Crippen LogP contribution in [-0.2, 0) is 11.5 Å². The molecule has 0 aliphatic rings. The zero-order chi connectivity index (χ0) is 16.2.